The van der Waals surface area contributed by atoms with Gasteiger partial charge in [-0.2, -0.15) is 9.97 Å². The predicted octanol–water partition coefficient (Wildman–Crippen LogP) is 8.47. The third-order valence-corrected chi connectivity index (χ3v) is 11.9. The largest absolute Gasteiger partial charge is 0.468 e. The molecule has 4 aromatic rings. The van der Waals surface area contributed by atoms with Gasteiger partial charge in [-0.1, -0.05) is 24.6 Å². The zero-order chi connectivity index (χ0) is 38.8. The number of piperazine rings is 1. The first-order chi connectivity index (χ1) is 26.3. The number of hydrogen-bond acceptors (Lipinski definition) is 9. The Morgan fingerprint density at radius 1 is 1.05 bits per heavy atom. The van der Waals surface area contributed by atoms with Crippen LogP contribution in [0.25, 0.3) is 32.8 Å². The molecule has 8 rings (SSSR count). The van der Waals surface area contributed by atoms with E-state index in [2.05, 4.69) is 9.88 Å². The standard InChI is InChI=1S/C41H47ClF3N5O5/c1-6-28-32(44)11-8-23-14-27(54-22-52-5)15-29(33(23)28)34-31(42)16-30-36(35(34)45)46-38(53-21-41-12-7-13-49(41)18-24(43)17-41)47-37(30)48-19-25-9-10-26(20-48)50(25)39(51)55-40(2,3)4/h8,11,14-16,24-26H,6-7,9-10,12-13,17-22H2,1-5H3/t24-,25?,26?,41-/m1/s1. The number of carbonyl (C=O) groups is 1. The van der Waals surface area contributed by atoms with Gasteiger partial charge < -0.3 is 23.8 Å². The van der Waals surface area contributed by atoms with Crippen LogP contribution < -0.4 is 14.4 Å². The Kier molecular flexibility index (Phi) is 9.95. The number of hydrogen-bond donors (Lipinski definition) is 0. The number of ether oxygens (including phenoxy) is 4. The van der Waals surface area contributed by atoms with Crippen LogP contribution in [-0.4, -0.2) is 102 Å². The minimum Gasteiger partial charge on any atom is -0.468 e. The lowest BCUT2D eigenvalue weighted by atomic mass is 9.92. The van der Waals surface area contributed by atoms with E-state index in [4.69, 9.17) is 35.5 Å². The molecular weight excluding hydrogens is 735 g/mol. The molecule has 14 heteroatoms. The number of aromatic nitrogens is 2. The van der Waals surface area contributed by atoms with Gasteiger partial charge in [-0.05, 0) is 106 Å². The van der Waals surface area contributed by atoms with Gasteiger partial charge in [-0.15, -0.1) is 0 Å². The Hall–Kier alpha value is -4.07. The van der Waals surface area contributed by atoms with Gasteiger partial charge in [-0.3, -0.25) is 9.80 Å². The van der Waals surface area contributed by atoms with E-state index < -0.39 is 28.9 Å². The van der Waals surface area contributed by atoms with Crippen LogP contribution >= 0.6 is 11.6 Å². The number of halogens is 4. The lowest BCUT2D eigenvalue weighted by Crippen LogP contribution is -2.57. The molecule has 294 valence electrons. The number of nitrogens with zero attached hydrogens (tertiary/aromatic N) is 5. The van der Waals surface area contributed by atoms with Crippen molar-refractivity contribution in [2.24, 2.45) is 0 Å². The van der Waals surface area contributed by atoms with Crippen molar-refractivity contribution >= 4 is 45.2 Å². The van der Waals surface area contributed by atoms with E-state index in [1.54, 1.807) is 24.3 Å². The van der Waals surface area contributed by atoms with Crippen molar-refractivity contribution in [3.63, 3.8) is 0 Å². The van der Waals surface area contributed by atoms with Gasteiger partial charge >= 0.3 is 12.1 Å². The smallest absolute Gasteiger partial charge is 0.410 e. The van der Waals surface area contributed by atoms with Gasteiger partial charge in [0, 0.05) is 44.1 Å². The molecule has 0 radical (unpaired) electrons. The predicted molar refractivity (Wildman–Crippen MR) is 205 cm³/mol. The van der Waals surface area contributed by atoms with E-state index in [0.717, 1.165) is 32.2 Å². The maximum atomic E-state index is 17.6. The number of carbonyl (C=O) groups excluding carboxylic acids is 1. The minimum atomic E-state index is -0.952. The minimum absolute atomic E-state index is 0.0253. The molecule has 4 fully saturated rings. The molecular formula is C41H47ClF3N5O5. The highest BCUT2D eigenvalue weighted by Gasteiger charge is 2.50. The van der Waals surface area contributed by atoms with E-state index in [-0.39, 0.29) is 53.7 Å². The number of amides is 1. The lowest BCUT2D eigenvalue weighted by Gasteiger charge is -2.42. The van der Waals surface area contributed by atoms with Gasteiger partial charge in [0.25, 0.3) is 0 Å². The van der Waals surface area contributed by atoms with E-state index in [1.165, 1.54) is 13.2 Å². The first-order valence-electron chi connectivity index (χ1n) is 19.1. The second-order valence-electron chi connectivity index (χ2n) is 16.3. The molecule has 0 saturated carbocycles. The zero-order valence-electron chi connectivity index (χ0n) is 31.9. The van der Waals surface area contributed by atoms with Crippen molar-refractivity contribution < 1.29 is 36.9 Å². The Balaban J connectivity index is 1.26. The first kappa shape index (κ1) is 37.8. The molecule has 0 aliphatic carbocycles. The van der Waals surface area contributed by atoms with Gasteiger partial charge in [0.05, 0.1) is 22.6 Å². The fourth-order valence-corrected chi connectivity index (χ4v) is 9.58. The molecule has 4 saturated heterocycles. The van der Waals surface area contributed by atoms with Crippen LogP contribution in [-0.2, 0) is 15.9 Å². The second kappa shape index (κ2) is 14.5. The highest BCUT2D eigenvalue weighted by molar-refractivity contribution is 6.35. The zero-order valence-corrected chi connectivity index (χ0v) is 32.6. The van der Waals surface area contributed by atoms with Gasteiger partial charge in [0.2, 0.25) is 0 Å². The number of rotatable bonds is 9. The lowest BCUT2D eigenvalue weighted by molar-refractivity contribution is 0.0122. The summed E-state index contributed by atoms with van der Waals surface area (Å²) in [6.45, 7) is 9.47. The molecule has 1 aromatic heterocycles. The summed E-state index contributed by atoms with van der Waals surface area (Å²) in [7, 11) is 1.50. The fourth-order valence-electron chi connectivity index (χ4n) is 9.29. The number of aryl methyl sites for hydroxylation is 1. The average molecular weight is 782 g/mol. The van der Waals surface area contributed by atoms with Crippen LogP contribution in [0, 0.1) is 11.6 Å². The fraction of sp³-hybridized carbons (Fsp3) is 0.537. The van der Waals surface area contributed by atoms with Crippen molar-refractivity contribution in [1.29, 1.82) is 0 Å². The number of anilines is 1. The number of benzene rings is 3. The van der Waals surface area contributed by atoms with Crippen LogP contribution in [0.3, 0.4) is 0 Å². The molecule has 4 atom stereocenters. The Morgan fingerprint density at radius 2 is 1.82 bits per heavy atom. The van der Waals surface area contributed by atoms with Crippen LogP contribution in [0.1, 0.15) is 65.4 Å². The Labute approximate surface area is 323 Å². The van der Waals surface area contributed by atoms with Gasteiger partial charge in [0.1, 0.15) is 41.3 Å². The quantitative estimate of drug-likeness (QED) is 0.155. The van der Waals surface area contributed by atoms with E-state index in [1.807, 2.05) is 37.5 Å². The molecule has 4 aliphatic rings. The van der Waals surface area contributed by atoms with Crippen LogP contribution in [0.2, 0.25) is 5.02 Å². The van der Waals surface area contributed by atoms with Crippen molar-refractivity contribution in [3.05, 3.63) is 52.6 Å². The third-order valence-electron chi connectivity index (χ3n) is 11.6. The molecule has 0 spiro atoms. The van der Waals surface area contributed by atoms with Crippen LogP contribution in [0.15, 0.2) is 30.3 Å². The van der Waals surface area contributed by atoms with Crippen molar-refractivity contribution in [2.75, 3.05) is 51.6 Å². The maximum absolute atomic E-state index is 17.6. The van der Waals surface area contributed by atoms with Crippen LogP contribution in [0.5, 0.6) is 11.8 Å². The number of methoxy groups -OCH3 is 1. The molecule has 5 heterocycles. The summed E-state index contributed by atoms with van der Waals surface area (Å²) in [6.07, 6.45) is 2.66. The topological polar surface area (TPSA) is 89.5 Å². The monoisotopic (exact) mass is 781 g/mol. The molecule has 1 amide bonds. The molecule has 4 aliphatic heterocycles. The van der Waals surface area contributed by atoms with Gasteiger partial charge in [0.15, 0.2) is 12.6 Å². The highest BCUT2D eigenvalue weighted by atomic mass is 35.5. The summed E-state index contributed by atoms with van der Waals surface area (Å²) >= 11 is 7.09. The highest BCUT2D eigenvalue weighted by Crippen LogP contribution is 2.46. The van der Waals surface area contributed by atoms with Gasteiger partial charge in [-0.25, -0.2) is 18.0 Å². The Morgan fingerprint density at radius 3 is 2.53 bits per heavy atom. The third kappa shape index (κ3) is 6.90. The van der Waals surface area contributed by atoms with Crippen molar-refractivity contribution in [1.82, 2.24) is 19.8 Å². The summed E-state index contributed by atoms with van der Waals surface area (Å²) in [5.74, 6) is -0.330. The Bertz CT molecular complexity index is 2140. The van der Waals surface area contributed by atoms with Crippen LogP contribution in [0.4, 0.5) is 23.8 Å². The summed E-state index contributed by atoms with van der Waals surface area (Å²) < 4.78 is 70.7. The average Bonchev–Trinajstić information content (AvgIpc) is 3.75. The van der Waals surface area contributed by atoms with E-state index in [9.17, 15) is 9.18 Å². The van der Waals surface area contributed by atoms with Crippen molar-refractivity contribution in [3.8, 4) is 22.9 Å². The summed E-state index contributed by atoms with van der Waals surface area (Å²) in [5, 5.41) is 1.60. The second-order valence-corrected chi connectivity index (χ2v) is 16.7. The maximum Gasteiger partial charge on any atom is 0.410 e. The molecule has 2 bridgehead atoms. The molecule has 55 heavy (non-hydrogen) atoms. The molecule has 10 nitrogen and oxygen atoms in total. The van der Waals surface area contributed by atoms with E-state index >= 15 is 8.78 Å². The molecule has 3 aromatic carbocycles. The number of fused-ring (bicyclic) bond motifs is 5. The normalized spacial score (nSPS) is 23.9. The first-order valence-corrected chi connectivity index (χ1v) is 19.5. The molecule has 0 N–H and O–H groups in total. The van der Waals surface area contributed by atoms with Crippen molar-refractivity contribution in [2.45, 2.75) is 95.6 Å². The number of alkyl halides is 1. The summed E-state index contributed by atoms with van der Waals surface area (Å²) in [6, 6.07) is 7.73. The summed E-state index contributed by atoms with van der Waals surface area (Å²) in [4.78, 5) is 28.9. The summed E-state index contributed by atoms with van der Waals surface area (Å²) in [5.41, 5.74) is -0.365. The SMILES string of the molecule is CCc1c(F)ccc2cc(OCOC)cc(-c3c(Cl)cc4c(N5CC6CCC(C5)N6C(=O)OC(C)(C)C)nc(OC[C@]56CCCN5C[C@H](F)C6)nc4c3F)c12. The van der Waals surface area contributed by atoms with E-state index in [0.29, 0.717) is 71.3 Å². The molecule has 2 unspecified atom stereocenters.